The number of benzene rings is 3. The van der Waals surface area contributed by atoms with E-state index in [1.807, 2.05) is 67.6 Å². The average Bonchev–Trinajstić information content (AvgIpc) is 3.41. The summed E-state index contributed by atoms with van der Waals surface area (Å²) >= 11 is 0. The fourth-order valence-corrected chi connectivity index (χ4v) is 5.27. The molecule has 5 rings (SSSR count). The molecule has 0 bridgehead atoms. The molecular formula is C31H31N5O4. The van der Waals surface area contributed by atoms with E-state index >= 15 is 0 Å². The van der Waals surface area contributed by atoms with Gasteiger partial charge in [-0.2, -0.15) is 0 Å². The molecule has 40 heavy (non-hydrogen) atoms. The minimum absolute atomic E-state index is 0.166. The second-order valence-corrected chi connectivity index (χ2v) is 9.99. The van der Waals surface area contributed by atoms with E-state index in [4.69, 9.17) is 4.99 Å². The van der Waals surface area contributed by atoms with E-state index in [0.717, 1.165) is 17.5 Å². The summed E-state index contributed by atoms with van der Waals surface area (Å²) in [5, 5.41) is 5.47. The third-order valence-corrected chi connectivity index (χ3v) is 7.14. The van der Waals surface area contributed by atoms with Gasteiger partial charge in [-0.05, 0) is 43.5 Å². The number of urea groups is 1. The molecule has 0 spiro atoms. The number of Topliss-reactive ketones (excluding diaryl/α,β-unsaturated/α-hetero) is 1. The Labute approximate surface area is 232 Å². The second kappa shape index (κ2) is 11.5. The maximum Gasteiger partial charge on any atom is 0.321 e. The Bertz CT molecular complexity index is 1490. The quantitative estimate of drug-likeness (QED) is 0.497. The lowest BCUT2D eigenvalue weighted by Gasteiger charge is -2.28. The van der Waals surface area contributed by atoms with Crippen molar-refractivity contribution in [3.05, 3.63) is 95.6 Å². The smallest absolute Gasteiger partial charge is 0.321 e. The predicted molar refractivity (Wildman–Crippen MR) is 153 cm³/mol. The zero-order valence-electron chi connectivity index (χ0n) is 22.5. The Morgan fingerprint density at radius 1 is 0.975 bits per heavy atom. The number of nitrogens with zero attached hydrogens (tertiary/aromatic N) is 3. The first-order chi connectivity index (χ1) is 19.3. The van der Waals surface area contributed by atoms with E-state index in [-0.39, 0.29) is 18.2 Å². The molecule has 3 aromatic rings. The lowest BCUT2D eigenvalue weighted by atomic mass is 10.00. The highest BCUT2D eigenvalue weighted by Gasteiger charge is 2.38. The fourth-order valence-electron chi connectivity index (χ4n) is 5.27. The van der Waals surface area contributed by atoms with Crippen molar-refractivity contribution < 1.29 is 19.2 Å². The molecule has 0 aliphatic carbocycles. The van der Waals surface area contributed by atoms with Gasteiger partial charge in [0.05, 0.1) is 24.0 Å². The summed E-state index contributed by atoms with van der Waals surface area (Å²) in [6.45, 7) is 3.63. The van der Waals surface area contributed by atoms with Gasteiger partial charge >= 0.3 is 6.03 Å². The minimum atomic E-state index is -1.30. The van der Waals surface area contributed by atoms with E-state index < -0.39 is 24.1 Å². The third-order valence-electron chi connectivity index (χ3n) is 7.14. The van der Waals surface area contributed by atoms with Crippen molar-refractivity contribution in [1.29, 1.82) is 0 Å². The SMILES string of the molecule is CC(=O)N1CCC[C@@H]1C(=O)CN1C(=O)[C@H](NC(=O)Nc2cccc(C)c2)N=C(c2ccccc2)c2ccccc21. The number of aliphatic imine (C=N–C) groups is 1. The number of ketones is 1. The van der Waals surface area contributed by atoms with Crippen molar-refractivity contribution in [2.75, 3.05) is 23.3 Å². The van der Waals surface area contributed by atoms with Gasteiger partial charge < -0.3 is 20.4 Å². The summed E-state index contributed by atoms with van der Waals surface area (Å²) in [5.41, 5.74) is 4.00. The summed E-state index contributed by atoms with van der Waals surface area (Å²) in [6.07, 6.45) is -0.0211. The van der Waals surface area contributed by atoms with E-state index in [1.165, 1.54) is 11.8 Å². The molecule has 3 aromatic carbocycles. The number of hydrogen-bond donors (Lipinski definition) is 2. The molecular weight excluding hydrogens is 506 g/mol. The van der Waals surface area contributed by atoms with Crippen molar-refractivity contribution in [3.8, 4) is 0 Å². The summed E-state index contributed by atoms with van der Waals surface area (Å²) in [7, 11) is 0. The highest BCUT2D eigenvalue weighted by atomic mass is 16.2. The molecule has 204 valence electrons. The zero-order valence-corrected chi connectivity index (χ0v) is 22.5. The van der Waals surface area contributed by atoms with E-state index in [1.54, 1.807) is 23.1 Å². The second-order valence-electron chi connectivity index (χ2n) is 9.99. The van der Waals surface area contributed by atoms with Crippen LogP contribution in [0.2, 0.25) is 0 Å². The van der Waals surface area contributed by atoms with Crippen LogP contribution in [0.25, 0.3) is 0 Å². The van der Waals surface area contributed by atoms with Gasteiger partial charge in [0.15, 0.2) is 5.78 Å². The van der Waals surface area contributed by atoms with Gasteiger partial charge in [0.25, 0.3) is 5.91 Å². The molecule has 0 radical (unpaired) electrons. The van der Waals surface area contributed by atoms with E-state index in [2.05, 4.69) is 10.6 Å². The molecule has 2 N–H and O–H groups in total. The van der Waals surface area contributed by atoms with Crippen LogP contribution in [0.1, 0.15) is 36.5 Å². The zero-order chi connectivity index (χ0) is 28.2. The number of aryl methyl sites for hydroxylation is 1. The molecule has 9 heteroatoms. The molecule has 4 amide bonds. The van der Waals surface area contributed by atoms with Crippen molar-refractivity contribution >= 4 is 40.7 Å². The topological polar surface area (TPSA) is 111 Å². The van der Waals surface area contributed by atoms with Crippen LogP contribution in [-0.2, 0) is 14.4 Å². The summed E-state index contributed by atoms with van der Waals surface area (Å²) in [6, 6.07) is 22.8. The Balaban J connectivity index is 1.51. The Morgan fingerprint density at radius 2 is 1.73 bits per heavy atom. The molecule has 1 saturated heterocycles. The Morgan fingerprint density at radius 3 is 2.48 bits per heavy atom. The lowest BCUT2D eigenvalue weighted by Crippen LogP contribution is -2.52. The molecule has 2 atom stereocenters. The molecule has 0 aromatic heterocycles. The first kappa shape index (κ1) is 26.8. The molecule has 0 unspecified atom stereocenters. The van der Waals surface area contributed by atoms with Gasteiger partial charge in [-0.1, -0.05) is 60.7 Å². The fraction of sp³-hybridized carbons (Fsp3) is 0.258. The highest BCUT2D eigenvalue weighted by molar-refractivity contribution is 6.21. The summed E-state index contributed by atoms with van der Waals surface area (Å²) < 4.78 is 0. The van der Waals surface area contributed by atoms with Crippen LogP contribution < -0.4 is 15.5 Å². The summed E-state index contributed by atoms with van der Waals surface area (Å²) in [5.74, 6) is -0.944. The summed E-state index contributed by atoms with van der Waals surface area (Å²) in [4.78, 5) is 60.4. The normalized spacial score (nSPS) is 18.4. The molecule has 9 nitrogen and oxygen atoms in total. The van der Waals surface area contributed by atoms with E-state index in [0.29, 0.717) is 35.6 Å². The number of carbonyl (C=O) groups excluding carboxylic acids is 4. The standard InChI is InChI=1S/C31H31N5O4/c1-20-10-8-13-23(18-20)32-31(40)34-29-30(39)36(19-27(38)26-16-9-17-35(26)21(2)37)25-15-7-6-14-24(25)28(33-29)22-11-4-3-5-12-22/h3-8,10-15,18,26,29H,9,16-17,19H2,1-2H3,(H2,32,34,40)/t26-,29+/m1/s1. The van der Waals surface area contributed by atoms with Gasteiger partial charge in [0, 0.05) is 30.3 Å². The molecule has 2 aliphatic rings. The first-order valence-electron chi connectivity index (χ1n) is 13.3. The van der Waals surface area contributed by atoms with Crippen LogP contribution in [-0.4, -0.2) is 59.5 Å². The number of benzodiazepines with no additional fused rings is 1. The minimum Gasteiger partial charge on any atom is -0.333 e. The number of carbonyl (C=O) groups is 4. The number of fused-ring (bicyclic) bond motifs is 1. The van der Waals surface area contributed by atoms with Gasteiger partial charge in [-0.25, -0.2) is 9.79 Å². The number of likely N-dealkylation sites (tertiary alicyclic amines) is 1. The monoisotopic (exact) mass is 537 g/mol. The number of anilines is 2. The first-order valence-corrected chi connectivity index (χ1v) is 13.3. The highest BCUT2D eigenvalue weighted by Crippen LogP contribution is 2.29. The van der Waals surface area contributed by atoms with Crippen molar-refractivity contribution in [2.24, 2.45) is 4.99 Å². The van der Waals surface area contributed by atoms with Crippen LogP contribution in [0, 0.1) is 6.92 Å². The lowest BCUT2D eigenvalue weighted by molar-refractivity contribution is -0.135. The third kappa shape index (κ3) is 5.63. The van der Waals surface area contributed by atoms with E-state index in [9.17, 15) is 19.2 Å². The van der Waals surface area contributed by atoms with Gasteiger partial charge in [0.2, 0.25) is 12.1 Å². The number of nitrogens with one attached hydrogen (secondary N) is 2. The molecule has 2 heterocycles. The largest absolute Gasteiger partial charge is 0.333 e. The van der Waals surface area contributed by atoms with Gasteiger partial charge in [-0.15, -0.1) is 0 Å². The number of hydrogen-bond acceptors (Lipinski definition) is 5. The Kier molecular flexibility index (Phi) is 7.72. The maximum atomic E-state index is 14.0. The van der Waals surface area contributed by atoms with Gasteiger partial charge in [-0.3, -0.25) is 14.4 Å². The molecule has 2 aliphatic heterocycles. The van der Waals surface area contributed by atoms with Crippen molar-refractivity contribution in [1.82, 2.24) is 10.2 Å². The average molecular weight is 538 g/mol. The molecule has 0 saturated carbocycles. The van der Waals surface area contributed by atoms with Crippen LogP contribution >= 0.6 is 0 Å². The van der Waals surface area contributed by atoms with Crippen LogP contribution in [0.3, 0.4) is 0 Å². The Hall–Kier alpha value is -4.79. The van der Waals surface area contributed by atoms with Crippen LogP contribution in [0.5, 0.6) is 0 Å². The van der Waals surface area contributed by atoms with Crippen molar-refractivity contribution in [2.45, 2.75) is 38.9 Å². The van der Waals surface area contributed by atoms with Crippen LogP contribution in [0.15, 0.2) is 83.9 Å². The van der Waals surface area contributed by atoms with Crippen LogP contribution in [0.4, 0.5) is 16.2 Å². The predicted octanol–water partition coefficient (Wildman–Crippen LogP) is 3.91. The number of amides is 4. The number of rotatable bonds is 6. The number of para-hydroxylation sites is 1. The van der Waals surface area contributed by atoms with Crippen molar-refractivity contribution in [3.63, 3.8) is 0 Å². The maximum absolute atomic E-state index is 14.0. The molecule has 1 fully saturated rings. The van der Waals surface area contributed by atoms with Gasteiger partial charge in [0.1, 0.15) is 0 Å².